The zero-order valence-corrected chi connectivity index (χ0v) is 19.0. The summed E-state index contributed by atoms with van der Waals surface area (Å²) in [6, 6.07) is 16.4. The fourth-order valence-corrected chi connectivity index (χ4v) is 3.78. The molecule has 0 spiro atoms. The second kappa shape index (κ2) is 10.8. The number of anilines is 1. The number of para-hydroxylation sites is 2. The third-order valence-electron chi connectivity index (χ3n) is 4.48. The molecular formula is C24H21F2NO6S. The van der Waals surface area contributed by atoms with E-state index < -0.39 is 22.6 Å². The first-order valence-electron chi connectivity index (χ1n) is 9.90. The summed E-state index contributed by atoms with van der Waals surface area (Å²) >= 11 is 0. The van der Waals surface area contributed by atoms with E-state index in [9.17, 15) is 22.0 Å². The molecule has 0 atom stereocenters. The van der Waals surface area contributed by atoms with E-state index in [1.165, 1.54) is 67.8 Å². The van der Waals surface area contributed by atoms with Crippen molar-refractivity contribution in [2.45, 2.75) is 18.4 Å². The summed E-state index contributed by atoms with van der Waals surface area (Å²) in [7, 11) is -2.73. The third-order valence-corrected chi connectivity index (χ3v) is 5.73. The lowest BCUT2D eigenvalue weighted by molar-refractivity contribution is -0.111. The molecule has 3 aromatic rings. The van der Waals surface area contributed by atoms with Crippen molar-refractivity contribution >= 4 is 27.8 Å². The first-order valence-corrected chi connectivity index (χ1v) is 11.3. The number of alkyl halides is 2. The Hall–Kier alpha value is -3.92. The Morgan fingerprint density at radius 3 is 2.35 bits per heavy atom. The number of ether oxygens (including phenoxy) is 2. The van der Waals surface area contributed by atoms with E-state index >= 15 is 0 Å². The van der Waals surface area contributed by atoms with Crippen LogP contribution in [0.1, 0.15) is 11.1 Å². The summed E-state index contributed by atoms with van der Waals surface area (Å²) in [6.07, 6.45) is 2.62. The predicted octanol–water partition coefficient (Wildman–Crippen LogP) is 5.02. The zero-order valence-electron chi connectivity index (χ0n) is 18.2. The minimum absolute atomic E-state index is 0.00287. The molecule has 0 aliphatic carbocycles. The number of halogens is 2. The van der Waals surface area contributed by atoms with E-state index in [1.807, 2.05) is 6.92 Å². The van der Waals surface area contributed by atoms with Crippen LogP contribution in [0.5, 0.6) is 17.2 Å². The van der Waals surface area contributed by atoms with Crippen molar-refractivity contribution in [3.63, 3.8) is 0 Å². The van der Waals surface area contributed by atoms with Crippen molar-refractivity contribution in [2.24, 2.45) is 0 Å². The quantitative estimate of drug-likeness (QED) is 0.335. The molecule has 10 heteroatoms. The van der Waals surface area contributed by atoms with Gasteiger partial charge in [0.1, 0.15) is 10.6 Å². The highest BCUT2D eigenvalue weighted by molar-refractivity contribution is 7.87. The van der Waals surface area contributed by atoms with Gasteiger partial charge in [0.2, 0.25) is 5.91 Å². The Morgan fingerprint density at radius 1 is 0.971 bits per heavy atom. The maximum absolute atomic E-state index is 12.5. The van der Waals surface area contributed by atoms with Crippen LogP contribution in [0.2, 0.25) is 0 Å². The Labute approximate surface area is 195 Å². The molecular weight excluding hydrogens is 468 g/mol. The number of rotatable bonds is 9. The number of carbonyl (C=O) groups excluding carboxylic acids is 1. The summed E-state index contributed by atoms with van der Waals surface area (Å²) in [5.74, 6) is -0.652. The molecule has 0 aliphatic heterocycles. The van der Waals surface area contributed by atoms with Crippen LogP contribution in [-0.4, -0.2) is 28.0 Å². The first-order chi connectivity index (χ1) is 16.2. The SMILES string of the molecule is COc1cc(/C=C/C(=O)Nc2ccccc2OC(F)F)ccc1OS(=O)(=O)c1ccc(C)cc1. The Morgan fingerprint density at radius 2 is 1.68 bits per heavy atom. The predicted molar refractivity (Wildman–Crippen MR) is 123 cm³/mol. The van der Waals surface area contributed by atoms with Gasteiger partial charge in [0, 0.05) is 6.08 Å². The number of hydrogen-bond donors (Lipinski definition) is 1. The van der Waals surface area contributed by atoms with E-state index in [2.05, 4.69) is 10.1 Å². The Kier molecular flexibility index (Phi) is 7.85. The summed E-state index contributed by atoms with van der Waals surface area (Å²) < 4.78 is 65.0. The second-order valence-electron chi connectivity index (χ2n) is 6.96. The molecule has 1 N–H and O–H groups in total. The van der Waals surface area contributed by atoms with Gasteiger partial charge < -0.3 is 19.0 Å². The number of hydrogen-bond acceptors (Lipinski definition) is 6. The van der Waals surface area contributed by atoms with E-state index in [0.717, 1.165) is 5.56 Å². The highest BCUT2D eigenvalue weighted by Crippen LogP contribution is 2.31. The number of amides is 1. The lowest BCUT2D eigenvalue weighted by Gasteiger charge is -2.12. The molecule has 0 bridgehead atoms. The lowest BCUT2D eigenvalue weighted by Crippen LogP contribution is -2.11. The van der Waals surface area contributed by atoms with Crippen LogP contribution in [0, 0.1) is 6.92 Å². The topological polar surface area (TPSA) is 90.9 Å². The van der Waals surface area contributed by atoms with Gasteiger partial charge in [-0.1, -0.05) is 35.9 Å². The maximum Gasteiger partial charge on any atom is 0.387 e. The van der Waals surface area contributed by atoms with Crippen LogP contribution < -0.4 is 19.0 Å². The van der Waals surface area contributed by atoms with Gasteiger partial charge in [0.25, 0.3) is 0 Å². The highest BCUT2D eigenvalue weighted by atomic mass is 32.2. The number of methoxy groups -OCH3 is 1. The van der Waals surface area contributed by atoms with Gasteiger partial charge in [-0.2, -0.15) is 17.2 Å². The number of carbonyl (C=O) groups is 1. The van der Waals surface area contributed by atoms with Crippen molar-refractivity contribution in [3.05, 3.63) is 83.9 Å². The van der Waals surface area contributed by atoms with Gasteiger partial charge in [-0.15, -0.1) is 0 Å². The van der Waals surface area contributed by atoms with Gasteiger partial charge in [-0.25, -0.2) is 0 Å². The van der Waals surface area contributed by atoms with Crippen LogP contribution >= 0.6 is 0 Å². The van der Waals surface area contributed by atoms with Crippen molar-refractivity contribution < 1.29 is 35.6 Å². The molecule has 0 saturated carbocycles. The van der Waals surface area contributed by atoms with Gasteiger partial charge in [-0.3, -0.25) is 4.79 Å². The van der Waals surface area contributed by atoms with Crippen molar-refractivity contribution in [1.29, 1.82) is 0 Å². The first kappa shape index (κ1) is 24.7. The maximum atomic E-state index is 12.5. The van der Waals surface area contributed by atoms with Gasteiger partial charge in [0.15, 0.2) is 11.5 Å². The van der Waals surface area contributed by atoms with E-state index in [1.54, 1.807) is 18.2 Å². The Bertz CT molecular complexity index is 1290. The minimum Gasteiger partial charge on any atom is -0.493 e. The van der Waals surface area contributed by atoms with Crippen molar-refractivity contribution in [1.82, 2.24) is 0 Å². The van der Waals surface area contributed by atoms with Gasteiger partial charge >= 0.3 is 16.7 Å². The van der Waals surface area contributed by atoms with Crippen molar-refractivity contribution in [3.8, 4) is 17.2 Å². The lowest BCUT2D eigenvalue weighted by atomic mass is 10.2. The minimum atomic E-state index is -4.08. The molecule has 1 amide bonds. The second-order valence-corrected chi connectivity index (χ2v) is 8.50. The summed E-state index contributed by atoms with van der Waals surface area (Å²) in [4.78, 5) is 12.2. The van der Waals surface area contributed by atoms with Crippen LogP contribution in [0.4, 0.5) is 14.5 Å². The number of nitrogens with one attached hydrogen (secondary N) is 1. The van der Waals surface area contributed by atoms with Crippen LogP contribution in [0.3, 0.4) is 0 Å². The largest absolute Gasteiger partial charge is 0.493 e. The van der Waals surface area contributed by atoms with Crippen molar-refractivity contribution in [2.75, 3.05) is 12.4 Å². The van der Waals surface area contributed by atoms with E-state index in [-0.39, 0.29) is 27.8 Å². The molecule has 0 aliphatic rings. The monoisotopic (exact) mass is 489 g/mol. The summed E-state index contributed by atoms with van der Waals surface area (Å²) in [6.45, 7) is -1.19. The molecule has 0 heterocycles. The van der Waals surface area contributed by atoms with E-state index in [4.69, 9.17) is 8.92 Å². The van der Waals surface area contributed by atoms with Gasteiger partial charge in [-0.05, 0) is 55.0 Å². The smallest absolute Gasteiger partial charge is 0.387 e. The number of aryl methyl sites for hydroxylation is 1. The molecule has 7 nitrogen and oxygen atoms in total. The number of benzene rings is 3. The Balaban J connectivity index is 1.73. The summed E-state index contributed by atoms with van der Waals surface area (Å²) in [5.41, 5.74) is 1.49. The highest BCUT2D eigenvalue weighted by Gasteiger charge is 2.19. The fourth-order valence-electron chi connectivity index (χ4n) is 2.84. The van der Waals surface area contributed by atoms with Gasteiger partial charge in [0.05, 0.1) is 12.8 Å². The zero-order chi connectivity index (χ0) is 24.7. The molecule has 34 heavy (non-hydrogen) atoms. The molecule has 0 radical (unpaired) electrons. The van der Waals surface area contributed by atoms with E-state index in [0.29, 0.717) is 5.56 Å². The summed E-state index contributed by atoms with van der Waals surface area (Å²) in [5, 5.41) is 2.46. The molecule has 3 rings (SSSR count). The average Bonchev–Trinajstić information content (AvgIpc) is 2.79. The van der Waals surface area contributed by atoms with Crippen LogP contribution in [-0.2, 0) is 14.9 Å². The fraction of sp³-hybridized carbons (Fsp3) is 0.125. The molecule has 0 aromatic heterocycles. The van der Waals surface area contributed by atoms with Crippen LogP contribution in [0.15, 0.2) is 77.7 Å². The normalized spacial score (nSPS) is 11.4. The van der Waals surface area contributed by atoms with Crippen LogP contribution in [0.25, 0.3) is 6.08 Å². The average molecular weight is 489 g/mol. The standard InChI is InChI=1S/C24H21F2NO6S/c1-16-7-11-18(12-8-16)34(29,30)33-21-13-9-17(15-22(21)31-2)10-14-23(28)27-19-5-3-4-6-20(19)32-24(25)26/h3-15,24H,1-2H3,(H,27,28)/b14-10+. The molecule has 178 valence electrons. The molecule has 0 fully saturated rings. The third kappa shape index (κ3) is 6.55. The molecule has 3 aromatic carbocycles. The molecule has 0 unspecified atom stereocenters. The molecule has 0 saturated heterocycles.